The van der Waals surface area contributed by atoms with Gasteiger partial charge in [-0.3, -0.25) is 4.79 Å². The Kier molecular flexibility index (Phi) is 4.16. The summed E-state index contributed by atoms with van der Waals surface area (Å²) in [5, 5.41) is 7.01. The molecule has 2 aromatic rings. The van der Waals surface area contributed by atoms with Crippen molar-refractivity contribution in [3.8, 4) is 0 Å². The van der Waals surface area contributed by atoms with Crippen LogP contribution in [0.2, 0.25) is 0 Å². The molecule has 0 bridgehead atoms. The highest BCUT2D eigenvalue weighted by molar-refractivity contribution is 5.97. The van der Waals surface area contributed by atoms with Gasteiger partial charge in [-0.25, -0.2) is 4.52 Å². The summed E-state index contributed by atoms with van der Waals surface area (Å²) in [5.41, 5.74) is 1.57. The topological polar surface area (TPSA) is 55.6 Å². The first-order valence-corrected chi connectivity index (χ1v) is 6.42. The number of nitrogens with one attached hydrogen (secondary N) is 1. The number of carbonyl (C=O) groups excluding carboxylic acids is 1. The monoisotopic (exact) mass is 261 g/mol. The Morgan fingerprint density at radius 3 is 2.95 bits per heavy atom. The summed E-state index contributed by atoms with van der Waals surface area (Å²) in [5.74, 6) is 0.256. The van der Waals surface area contributed by atoms with Gasteiger partial charge in [0, 0.05) is 12.8 Å². The van der Waals surface area contributed by atoms with Crippen LogP contribution in [0.3, 0.4) is 0 Å². The van der Waals surface area contributed by atoms with E-state index in [0.29, 0.717) is 18.2 Å². The Bertz CT molecular complexity index is 563. The molecule has 2 aromatic heterocycles. The fourth-order valence-corrected chi connectivity index (χ4v) is 1.68. The van der Waals surface area contributed by atoms with Crippen LogP contribution in [0.15, 0.2) is 30.6 Å². The number of aromatic nitrogens is 2. The van der Waals surface area contributed by atoms with E-state index in [1.54, 1.807) is 17.6 Å². The number of rotatable bonds is 5. The Morgan fingerprint density at radius 1 is 1.42 bits per heavy atom. The molecule has 0 radical (unpaired) electrons. The van der Waals surface area contributed by atoms with Crippen LogP contribution in [0.5, 0.6) is 0 Å². The number of nitrogens with zero attached hydrogens (tertiary/aromatic N) is 2. The number of fused-ring (bicyclic) bond motifs is 1. The molecule has 0 saturated carbocycles. The molecule has 1 atom stereocenters. The summed E-state index contributed by atoms with van der Waals surface area (Å²) in [6.07, 6.45) is 3.01. The molecule has 0 aliphatic heterocycles. The average molecular weight is 261 g/mol. The van der Waals surface area contributed by atoms with Crippen LogP contribution in [0.1, 0.15) is 20.8 Å². The second kappa shape index (κ2) is 5.84. The highest BCUT2D eigenvalue weighted by Crippen LogP contribution is 2.16. The van der Waals surface area contributed by atoms with Gasteiger partial charge in [0.25, 0.3) is 5.91 Å². The van der Waals surface area contributed by atoms with Crippen molar-refractivity contribution in [2.24, 2.45) is 5.92 Å². The third kappa shape index (κ3) is 3.32. The number of amides is 1. The van der Waals surface area contributed by atoms with Gasteiger partial charge in [-0.1, -0.05) is 19.9 Å². The zero-order chi connectivity index (χ0) is 13.8. The van der Waals surface area contributed by atoms with Crippen LogP contribution in [0.4, 0.5) is 5.69 Å². The maximum Gasteiger partial charge on any atom is 0.253 e. The molecular formula is C14H19N3O2. The molecule has 2 heterocycles. The first-order valence-electron chi connectivity index (χ1n) is 6.42. The molecule has 1 amide bonds. The van der Waals surface area contributed by atoms with Gasteiger partial charge in [-0.15, -0.1) is 0 Å². The molecule has 0 saturated heterocycles. The molecule has 102 valence electrons. The molecule has 0 aliphatic carbocycles. The number of hydrogen-bond acceptors (Lipinski definition) is 3. The molecule has 5 nitrogen and oxygen atoms in total. The number of pyridine rings is 1. The first kappa shape index (κ1) is 13.5. The van der Waals surface area contributed by atoms with E-state index in [0.717, 1.165) is 5.52 Å². The van der Waals surface area contributed by atoms with Crippen molar-refractivity contribution < 1.29 is 9.53 Å². The van der Waals surface area contributed by atoms with Crippen LogP contribution in [-0.4, -0.2) is 28.2 Å². The Morgan fingerprint density at radius 2 is 2.21 bits per heavy atom. The van der Waals surface area contributed by atoms with Crippen molar-refractivity contribution >= 4 is 17.1 Å². The SMILES string of the molecule is CC(C)COC(C)C(=O)Nc1cnn2ccccc12. The molecule has 19 heavy (non-hydrogen) atoms. The largest absolute Gasteiger partial charge is 0.368 e. The van der Waals surface area contributed by atoms with E-state index in [1.165, 1.54) is 0 Å². The van der Waals surface area contributed by atoms with Gasteiger partial charge >= 0.3 is 0 Å². The van der Waals surface area contributed by atoms with E-state index < -0.39 is 6.10 Å². The molecule has 5 heteroatoms. The van der Waals surface area contributed by atoms with Gasteiger partial charge in [0.1, 0.15) is 6.10 Å². The maximum atomic E-state index is 12.0. The highest BCUT2D eigenvalue weighted by Gasteiger charge is 2.15. The van der Waals surface area contributed by atoms with Crippen LogP contribution in [-0.2, 0) is 9.53 Å². The van der Waals surface area contributed by atoms with E-state index in [9.17, 15) is 4.79 Å². The number of carbonyl (C=O) groups is 1. The van der Waals surface area contributed by atoms with Gasteiger partial charge in [-0.05, 0) is 25.0 Å². The van der Waals surface area contributed by atoms with Gasteiger partial charge in [0.15, 0.2) is 0 Å². The quantitative estimate of drug-likeness (QED) is 0.898. The zero-order valence-corrected chi connectivity index (χ0v) is 11.5. The summed E-state index contributed by atoms with van der Waals surface area (Å²) in [4.78, 5) is 12.0. The minimum Gasteiger partial charge on any atom is -0.368 e. The Labute approximate surface area is 112 Å². The van der Waals surface area contributed by atoms with Crippen LogP contribution >= 0.6 is 0 Å². The lowest BCUT2D eigenvalue weighted by molar-refractivity contribution is -0.126. The zero-order valence-electron chi connectivity index (χ0n) is 11.5. The van der Waals surface area contributed by atoms with E-state index in [-0.39, 0.29) is 5.91 Å². The lowest BCUT2D eigenvalue weighted by atomic mass is 10.2. The minimum atomic E-state index is -0.471. The molecule has 0 spiro atoms. The smallest absolute Gasteiger partial charge is 0.253 e. The average Bonchev–Trinajstić information content (AvgIpc) is 2.79. The summed E-state index contributed by atoms with van der Waals surface area (Å²) in [6.45, 7) is 6.43. The third-order valence-corrected chi connectivity index (χ3v) is 2.73. The van der Waals surface area contributed by atoms with Crippen molar-refractivity contribution in [2.75, 3.05) is 11.9 Å². The van der Waals surface area contributed by atoms with Crippen molar-refractivity contribution in [1.82, 2.24) is 9.61 Å². The molecule has 0 fully saturated rings. The molecule has 1 N–H and O–H groups in total. The van der Waals surface area contributed by atoms with E-state index in [1.807, 2.05) is 24.4 Å². The summed E-state index contributed by atoms with van der Waals surface area (Å²) in [6, 6.07) is 5.70. The van der Waals surface area contributed by atoms with Gasteiger partial charge in [0.2, 0.25) is 0 Å². The Hall–Kier alpha value is -1.88. The molecule has 0 aliphatic rings. The van der Waals surface area contributed by atoms with E-state index in [2.05, 4.69) is 24.3 Å². The third-order valence-electron chi connectivity index (χ3n) is 2.73. The first-order chi connectivity index (χ1) is 9.08. The molecular weight excluding hydrogens is 242 g/mol. The second-order valence-corrected chi connectivity index (χ2v) is 4.95. The summed E-state index contributed by atoms with van der Waals surface area (Å²) < 4.78 is 7.20. The predicted octanol–water partition coefficient (Wildman–Crippen LogP) is 2.33. The van der Waals surface area contributed by atoms with Gasteiger partial charge in [0.05, 0.1) is 17.4 Å². The van der Waals surface area contributed by atoms with Crippen molar-refractivity contribution in [3.05, 3.63) is 30.6 Å². The normalized spacial score (nSPS) is 12.8. The van der Waals surface area contributed by atoms with Crippen molar-refractivity contribution in [3.63, 3.8) is 0 Å². The number of ether oxygens (including phenoxy) is 1. The molecule has 0 aromatic carbocycles. The predicted molar refractivity (Wildman–Crippen MR) is 74.1 cm³/mol. The van der Waals surface area contributed by atoms with Crippen LogP contribution < -0.4 is 5.32 Å². The van der Waals surface area contributed by atoms with E-state index in [4.69, 9.17) is 4.74 Å². The maximum absolute atomic E-state index is 12.0. The highest BCUT2D eigenvalue weighted by atomic mass is 16.5. The lowest BCUT2D eigenvalue weighted by Crippen LogP contribution is -2.28. The van der Waals surface area contributed by atoms with Crippen LogP contribution in [0, 0.1) is 5.92 Å². The number of anilines is 1. The van der Waals surface area contributed by atoms with Gasteiger partial charge in [-0.2, -0.15) is 5.10 Å². The second-order valence-electron chi connectivity index (χ2n) is 4.95. The fourth-order valence-electron chi connectivity index (χ4n) is 1.68. The standard InChI is InChI=1S/C14H19N3O2/c1-10(2)9-19-11(3)14(18)16-12-8-15-17-7-5-4-6-13(12)17/h4-8,10-11H,9H2,1-3H3,(H,16,18). The van der Waals surface area contributed by atoms with Gasteiger partial charge < -0.3 is 10.1 Å². The molecule has 2 rings (SSSR count). The summed E-state index contributed by atoms with van der Waals surface area (Å²) >= 11 is 0. The molecule has 1 unspecified atom stereocenters. The number of hydrogen-bond donors (Lipinski definition) is 1. The van der Waals surface area contributed by atoms with E-state index >= 15 is 0 Å². The fraction of sp³-hybridized carbons (Fsp3) is 0.429. The van der Waals surface area contributed by atoms with Crippen molar-refractivity contribution in [1.29, 1.82) is 0 Å². The minimum absolute atomic E-state index is 0.153. The lowest BCUT2D eigenvalue weighted by Gasteiger charge is -2.14. The van der Waals surface area contributed by atoms with Crippen LogP contribution in [0.25, 0.3) is 5.52 Å². The van der Waals surface area contributed by atoms with Crippen molar-refractivity contribution in [2.45, 2.75) is 26.9 Å². The summed E-state index contributed by atoms with van der Waals surface area (Å²) in [7, 11) is 0. The Balaban J connectivity index is 2.02.